The van der Waals surface area contributed by atoms with Crippen molar-refractivity contribution >= 4 is 5.91 Å². The Morgan fingerprint density at radius 1 is 1.65 bits per heavy atom. The maximum atomic E-state index is 12.2. The lowest BCUT2D eigenvalue weighted by Gasteiger charge is -2.20. The summed E-state index contributed by atoms with van der Waals surface area (Å²) in [4.78, 5) is 25.5. The molecule has 0 spiro atoms. The molecule has 0 unspecified atom stereocenters. The summed E-state index contributed by atoms with van der Waals surface area (Å²) in [6.07, 6.45) is 5.43. The van der Waals surface area contributed by atoms with E-state index >= 15 is 0 Å². The third kappa shape index (κ3) is 2.46. The monoisotopic (exact) mass is 232 g/mol. The van der Waals surface area contributed by atoms with E-state index in [1.54, 1.807) is 30.3 Å². The molecule has 0 radical (unpaired) electrons. The first kappa shape index (κ1) is 11.6. The molecule has 4 nitrogen and oxygen atoms in total. The van der Waals surface area contributed by atoms with Gasteiger partial charge in [0.1, 0.15) is 0 Å². The Labute approximate surface area is 100 Å². The van der Waals surface area contributed by atoms with Gasteiger partial charge in [0.2, 0.25) is 0 Å². The quantitative estimate of drug-likeness (QED) is 0.731. The Morgan fingerprint density at radius 3 is 2.88 bits per heavy atom. The third-order valence-electron chi connectivity index (χ3n) is 2.93. The molecule has 0 N–H and O–H groups in total. The van der Waals surface area contributed by atoms with Gasteiger partial charge in [-0.2, -0.15) is 0 Å². The lowest BCUT2D eigenvalue weighted by molar-refractivity contribution is 0.0762. The Balaban J connectivity index is 2.25. The SMILES string of the molecule is C=CCN(C(=O)c1ccn(C)c(=O)c1)C1CC1. The molecule has 1 saturated carbocycles. The van der Waals surface area contributed by atoms with E-state index < -0.39 is 0 Å². The largest absolute Gasteiger partial charge is 0.332 e. The Hall–Kier alpha value is -1.84. The second-order valence-corrected chi connectivity index (χ2v) is 4.34. The van der Waals surface area contributed by atoms with Crippen LogP contribution >= 0.6 is 0 Å². The lowest BCUT2D eigenvalue weighted by Crippen LogP contribution is -2.34. The number of carbonyl (C=O) groups excluding carboxylic acids is 1. The third-order valence-corrected chi connectivity index (χ3v) is 2.93. The molecule has 0 atom stereocenters. The first-order valence-corrected chi connectivity index (χ1v) is 5.72. The summed E-state index contributed by atoms with van der Waals surface area (Å²) in [6, 6.07) is 3.40. The van der Waals surface area contributed by atoms with Crippen molar-refractivity contribution in [2.45, 2.75) is 18.9 Å². The highest BCUT2D eigenvalue weighted by atomic mass is 16.2. The topological polar surface area (TPSA) is 42.3 Å². The van der Waals surface area contributed by atoms with E-state index in [1.165, 1.54) is 10.6 Å². The first-order chi connectivity index (χ1) is 8.13. The predicted molar refractivity (Wildman–Crippen MR) is 65.9 cm³/mol. The predicted octanol–water partition coefficient (Wildman–Crippen LogP) is 1.18. The number of pyridine rings is 1. The Morgan fingerprint density at radius 2 is 2.35 bits per heavy atom. The van der Waals surface area contributed by atoms with Gasteiger partial charge in [-0.25, -0.2) is 0 Å². The Kier molecular flexibility index (Phi) is 3.13. The molecule has 4 heteroatoms. The summed E-state index contributed by atoms with van der Waals surface area (Å²) >= 11 is 0. The molecule has 1 aromatic rings. The van der Waals surface area contributed by atoms with Gasteiger partial charge in [-0.15, -0.1) is 6.58 Å². The van der Waals surface area contributed by atoms with Crippen molar-refractivity contribution in [3.05, 3.63) is 46.9 Å². The van der Waals surface area contributed by atoms with E-state index in [2.05, 4.69) is 6.58 Å². The molecule has 1 heterocycles. The highest BCUT2D eigenvalue weighted by Gasteiger charge is 2.32. The van der Waals surface area contributed by atoms with E-state index in [0.29, 0.717) is 18.2 Å². The zero-order valence-corrected chi connectivity index (χ0v) is 9.93. The van der Waals surface area contributed by atoms with Gasteiger partial charge in [-0.3, -0.25) is 9.59 Å². The maximum absolute atomic E-state index is 12.2. The smallest absolute Gasteiger partial charge is 0.254 e. The van der Waals surface area contributed by atoms with Crippen LogP contribution in [0.3, 0.4) is 0 Å². The molecule has 1 fully saturated rings. The number of amides is 1. The molecule has 1 amide bonds. The van der Waals surface area contributed by atoms with Gasteiger partial charge in [0, 0.05) is 37.5 Å². The maximum Gasteiger partial charge on any atom is 0.254 e. The molecular weight excluding hydrogens is 216 g/mol. The van der Waals surface area contributed by atoms with E-state index in [4.69, 9.17) is 0 Å². The summed E-state index contributed by atoms with van der Waals surface area (Å²) in [5.41, 5.74) is 0.298. The number of hydrogen-bond acceptors (Lipinski definition) is 2. The molecule has 2 rings (SSSR count). The average Bonchev–Trinajstić information content (AvgIpc) is 3.13. The van der Waals surface area contributed by atoms with Crippen LogP contribution < -0.4 is 5.56 Å². The number of aryl methyl sites for hydroxylation is 1. The fraction of sp³-hybridized carbons (Fsp3) is 0.385. The van der Waals surface area contributed by atoms with Gasteiger partial charge in [0.05, 0.1) is 0 Å². The molecule has 0 bridgehead atoms. The fourth-order valence-electron chi connectivity index (χ4n) is 1.77. The van der Waals surface area contributed by atoms with Crippen LogP contribution in [0.25, 0.3) is 0 Å². The van der Waals surface area contributed by atoms with Gasteiger partial charge < -0.3 is 9.47 Å². The highest BCUT2D eigenvalue weighted by molar-refractivity contribution is 5.94. The number of rotatable bonds is 4. The summed E-state index contributed by atoms with van der Waals surface area (Å²) in [6.45, 7) is 4.20. The van der Waals surface area contributed by atoms with Crippen LogP contribution in [0.15, 0.2) is 35.8 Å². The number of nitrogens with zero attached hydrogens (tertiary/aromatic N) is 2. The minimum Gasteiger partial charge on any atom is -0.332 e. The summed E-state index contributed by atoms with van der Waals surface area (Å²) in [7, 11) is 1.67. The fourth-order valence-corrected chi connectivity index (χ4v) is 1.77. The minimum atomic E-state index is -0.162. The van der Waals surface area contributed by atoms with Gasteiger partial charge in [0.15, 0.2) is 0 Å². The normalized spacial score (nSPS) is 14.4. The van der Waals surface area contributed by atoms with Crippen molar-refractivity contribution in [1.29, 1.82) is 0 Å². The number of aromatic nitrogens is 1. The molecular formula is C13H16N2O2. The molecule has 1 aliphatic rings. The molecule has 0 saturated heterocycles. The van der Waals surface area contributed by atoms with Crippen molar-refractivity contribution < 1.29 is 4.79 Å². The average molecular weight is 232 g/mol. The van der Waals surface area contributed by atoms with Crippen LogP contribution in [0.2, 0.25) is 0 Å². The van der Waals surface area contributed by atoms with Crippen molar-refractivity contribution in [3.8, 4) is 0 Å². The van der Waals surface area contributed by atoms with E-state index in [-0.39, 0.29) is 11.5 Å². The summed E-state index contributed by atoms with van der Waals surface area (Å²) in [5.74, 6) is -0.0786. The molecule has 1 aliphatic carbocycles. The number of hydrogen-bond donors (Lipinski definition) is 0. The van der Waals surface area contributed by atoms with Gasteiger partial charge in [-0.05, 0) is 18.9 Å². The Bertz CT molecular complexity index is 500. The van der Waals surface area contributed by atoms with E-state index in [0.717, 1.165) is 12.8 Å². The summed E-state index contributed by atoms with van der Waals surface area (Å²) < 4.78 is 1.45. The molecule has 0 aromatic carbocycles. The molecule has 90 valence electrons. The van der Waals surface area contributed by atoms with Gasteiger partial charge in [0.25, 0.3) is 11.5 Å². The van der Waals surface area contributed by atoms with E-state index in [9.17, 15) is 9.59 Å². The van der Waals surface area contributed by atoms with Crippen LogP contribution in [-0.2, 0) is 7.05 Å². The van der Waals surface area contributed by atoms with E-state index in [1.807, 2.05) is 0 Å². The van der Waals surface area contributed by atoms with Crippen molar-refractivity contribution in [2.24, 2.45) is 7.05 Å². The standard InChI is InChI=1S/C13H16N2O2/c1-3-7-15(11-4-5-11)13(17)10-6-8-14(2)12(16)9-10/h3,6,8-9,11H,1,4-5,7H2,2H3. The first-order valence-electron chi connectivity index (χ1n) is 5.72. The zero-order valence-electron chi connectivity index (χ0n) is 9.93. The van der Waals surface area contributed by atoms with Crippen LogP contribution in [-0.4, -0.2) is 28.0 Å². The second kappa shape index (κ2) is 4.57. The molecule has 17 heavy (non-hydrogen) atoms. The second-order valence-electron chi connectivity index (χ2n) is 4.34. The van der Waals surface area contributed by atoms with Crippen LogP contribution in [0.4, 0.5) is 0 Å². The lowest BCUT2D eigenvalue weighted by atomic mass is 10.2. The molecule has 1 aromatic heterocycles. The molecule has 0 aliphatic heterocycles. The van der Waals surface area contributed by atoms with Gasteiger partial charge in [-0.1, -0.05) is 6.08 Å². The van der Waals surface area contributed by atoms with Gasteiger partial charge >= 0.3 is 0 Å². The van der Waals surface area contributed by atoms with Crippen LogP contribution in [0.5, 0.6) is 0 Å². The van der Waals surface area contributed by atoms with Crippen molar-refractivity contribution in [2.75, 3.05) is 6.54 Å². The minimum absolute atomic E-state index is 0.0786. The van der Waals surface area contributed by atoms with Crippen LogP contribution in [0, 0.1) is 0 Å². The number of carbonyl (C=O) groups is 1. The van der Waals surface area contributed by atoms with Crippen molar-refractivity contribution in [3.63, 3.8) is 0 Å². The zero-order chi connectivity index (χ0) is 12.4. The highest BCUT2D eigenvalue weighted by Crippen LogP contribution is 2.27. The van der Waals surface area contributed by atoms with Crippen LogP contribution in [0.1, 0.15) is 23.2 Å². The summed E-state index contributed by atoms with van der Waals surface area (Å²) in [5, 5.41) is 0. The van der Waals surface area contributed by atoms with Crippen molar-refractivity contribution in [1.82, 2.24) is 9.47 Å².